The third kappa shape index (κ3) is 3.53. The second-order valence-electron chi connectivity index (χ2n) is 10.5. The molecule has 0 bridgehead atoms. The van der Waals surface area contributed by atoms with Crippen LogP contribution < -0.4 is 0 Å². The van der Waals surface area contributed by atoms with Gasteiger partial charge in [0.2, 0.25) is 5.95 Å². The Morgan fingerprint density at radius 2 is 1.24 bits per heavy atom. The van der Waals surface area contributed by atoms with E-state index in [-0.39, 0.29) is 61.3 Å². The van der Waals surface area contributed by atoms with Gasteiger partial charge in [-0.25, -0.2) is 4.98 Å². The van der Waals surface area contributed by atoms with E-state index in [4.69, 9.17) is 36.1 Å². The van der Waals surface area contributed by atoms with E-state index >= 15 is 0 Å². The average molecular weight is 589 g/mol. The number of fused-ring (bicyclic) bond motifs is 10. The van der Waals surface area contributed by atoms with Gasteiger partial charge >= 0.3 is 0 Å². The fourth-order valence-electron chi connectivity index (χ4n) is 5.94. The molecular weight excluding hydrogens is 556 g/mol. The van der Waals surface area contributed by atoms with Crippen LogP contribution in [0.4, 0.5) is 0 Å². The largest absolute Gasteiger partial charge is 0.456 e. The fraction of sp³-hybridized carbons (Fsp3) is 0. The molecule has 0 fully saturated rings. The molecule has 10 aromatic rings. The Kier molecular flexibility index (Phi) is 3.35. The molecule has 6 heteroatoms. The van der Waals surface area contributed by atoms with Gasteiger partial charge in [-0.05, 0) is 36.3 Å². The third-order valence-corrected chi connectivity index (χ3v) is 7.96. The van der Waals surface area contributed by atoms with E-state index in [1.807, 2.05) is 54.6 Å². The van der Waals surface area contributed by atoms with Gasteiger partial charge in [-0.2, -0.15) is 9.97 Å². The molecule has 0 radical (unpaired) electrons. The summed E-state index contributed by atoms with van der Waals surface area (Å²) < 4.78 is 102. The van der Waals surface area contributed by atoms with Crippen LogP contribution in [-0.2, 0) is 0 Å². The van der Waals surface area contributed by atoms with E-state index in [1.54, 1.807) is 18.2 Å². The standard InChI is InChI=1S/C39H22N4O2/c1-2-10-23(11-3-1)37-40-38(24-18-19-28-26-13-5-8-16-32(26)44-34(28)22-24)42-39(41-37)43-31-15-7-4-12-25(31)29-20-21-30-27-14-6-9-17-33(27)45-36(30)35(29)43/h1-22H/i4D,6D,7D,9D,12D,14D,15D,17D,20D,21D. The van der Waals surface area contributed by atoms with Crippen LogP contribution in [0.25, 0.3) is 94.4 Å². The number of rotatable bonds is 3. The first-order valence-electron chi connectivity index (χ1n) is 19.1. The highest BCUT2D eigenvalue weighted by atomic mass is 16.3. The van der Waals surface area contributed by atoms with Crippen LogP contribution >= 0.6 is 0 Å². The van der Waals surface area contributed by atoms with Crippen molar-refractivity contribution >= 4 is 65.7 Å². The number of nitrogens with zero attached hydrogens (tertiary/aromatic N) is 4. The predicted octanol–water partition coefficient (Wildman–Crippen LogP) is 10.1. The van der Waals surface area contributed by atoms with Crippen molar-refractivity contribution in [2.24, 2.45) is 0 Å². The van der Waals surface area contributed by atoms with Crippen LogP contribution in [0.2, 0.25) is 0 Å². The van der Waals surface area contributed by atoms with Gasteiger partial charge in [-0.3, -0.25) is 4.57 Å². The van der Waals surface area contributed by atoms with Crippen molar-refractivity contribution in [1.82, 2.24) is 19.5 Å². The first-order chi connectivity index (χ1) is 26.5. The van der Waals surface area contributed by atoms with Crippen molar-refractivity contribution in [2.75, 3.05) is 0 Å². The smallest absolute Gasteiger partial charge is 0.238 e. The lowest BCUT2D eigenvalue weighted by atomic mass is 10.1. The molecule has 0 spiro atoms. The monoisotopic (exact) mass is 588 g/mol. The second-order valence-corrected chi connectivity index (χ2v) is 10.5. The molecule has 4 aromatic heterocycles. The molecule has 0 aliphatic heterocycles. The average Bonchev–Trinajstić information content (AvgIpc) is 3.90. The zero-order chi connectivity index (χ0) is 38.2. The Morgan fingerprint density at radius 3 is 2.16 bits per heavy atom. The first kappa shape index (κ1) is 16.5. The van der Waals surface area contributed by atoms with Gasteiger partial charge in [-0.15, -0.1) is 0 Å². The Morgan fingerprint density at radius 1 is 0.511 bits per heavy atom. The zero-order valence-corrected chi connectivity index (χ0v) is 23.0. The van der Waals surface area contributed by atoms with E-state index in [9.17, 15) is 1.37 Å². The highest BCUT2D eigenvalue weighted by Gasteiger charge is 2.22. The molecule has 4 heterocycles. The summed E-state index contributed by atoms with van der Waals surface area (Å²) in [4.78, 5) is 14.6. The molecule has 10 rings (SSSR count). The lowest BCUT2D eigenvalue weighted by Gasteiger charge is -2.11. The predicted molar refractivity (Wildman–Crippen MR) is 180 cm³/mol. The molecular formula is C39H22N4O2. The number of benzene rings is 6. The van der Waals surface area contributed by atoms with Gasteiger partial charge in [-0.1, -0.05) is 96.9 Å². The Hall–Kier alpha value is -6.27. The molecule has 210 valence electrons. The summed E-state index contributed by atoms with van der Waals surface area (Å²) in [5.41, 5.74) is 1.91. The SMILES string of the molecule is [2H]c1c([2H])c([2H])c2c(oc3c2c([2H])c([2H])c2c4c([2H])c([2H])c([2H])c([2H])c4n(-c4nc(-c5ccccc5)nc(-c5ccc6c(c5)oc5ccccc56)n4)c32)c1[2H]. The number of hydrogen-bond donors (Lipinski definition) is 0. The van der Waals surface area contributed by atoms with Crippen molar-refractivity contribution < 1.29 is 22.5 Å². The normalized spacial score (nSPS) is 15.1. The van der Waals surface area contributed by atoms with E-state index in [2.05, 4.69) is 0 Å². The van der Waals surface area contributed by atoms with Crippen LogP contribution in [0.1, 0.15) is 13.7 Å². The Balaban J connectivity index is 1.40. The molecule has 0 saturated carbocycles. The molecule has 6 nitrogen and oxygen atoms in total. The van der Waals surface area contributed by atoms with Crippen LogP contribution in [0.15, 0.2) is 142 Å². The number of aromatic nitrogens is 4. The summed E-state index contributed by atoms with van der Waals surface area (Å²) in [6, 6.07) is 17.2. The van der Waals surface area contributed by atoms with Gasteiger partial charge < -0.3 is 8.83 Å². The summed E-state index contributed by atoms with van der Waals surface area (Å²) >= 11 is 0. The van der Waals surface area contributed by atoms with Crippen molar-refractivity contribution in [3.05, 3.63) is 133 Å². The molecule has 0 aliphatic carbocycles. The Labute approximate surface area is 269 Å². The van der Waals surface area contributed by atoms with Gasteiger partial charge in [0.1, 0.15) is 22.3 Å². The molecule has 45 heavy (non-hydrogen) atoms. The quantitative estimate of drug-likeness (QED) is 0.205. The lowest BCUT2D eigenvalue weighted by Crippen LogP contribution is -2.06. The molecule has 0 N–H and O–H groups in total. The second kappa shape index (κ2) is 9.11. The van der Waals surface area contributed by atoms with Crippen LogP contribution in [0.3, 0.4) is 0 Å². The highest BCUT2D eigenvalue weighted by molar-refractivity contribution is 6.21. The lowest BCUT2D eigenvalue weighted by molar-refractivity contribution is 0.669. The van der Waals surface area contributed by atoms with Crippen LogP contribution in [0.5, 0.6) is 0 Å². The van der Waals surface area contributed by atoms with E-state index < -0.39 is 60.4 Å². The van der Waals surface area contributed by atoms with Gasteiger partial charge in [0.15, 0.2) is 17.2 Å². The molecule has 0 atom stereocenters. The summed E-state index contributed by atoms with van der Waals surface area (Å²) in [5.74, 6) is 0.285. The molecule has 0 aliphatic rings. The van der Waals surface area contributed by atoms with Crippen molar-refractivity contribution in [1.29, 1.82) is 0 Å². The summed E-state index contributed by atoms with van der Waals surface area (Å²) in [7, 11) is 0. The van der Waals surface area contributed by atoms with Crippen LogP contribution in [-0.4, -0.2) is 19.5 Å². The topological polar surface area (TPSA) is 69.9 Å². The minimum Gasteiger partial charge on any atom is -0.456 e. The summed E-state index contributed by atoms with van der Waals surface area (Å²) in [5, 5.41) is 1.45. The van der Waals surface area contributed by atoms with Gasteiger partial charge in [0.05, 0.1) is 19.2 Å². The van der Waals surface area contributed by atoms with Crippen molar-refractivity contribution in [2.45, 2.75) is 0 Å². The highest BCUT2D eigenvalue weighted by Crippen LogP contribution is 2.40. The van der Waals surface area contributed by atoms with Gasteiger partial charge in [0, 0.05) is 43.4 Å². The van der Waals surface area contributed by atoms with Crippen molar-refractivity contribution in [3.8, 4) is 28.7 Å². The van der Waals surface area contributed by atoms with Gasteiger partial charge in [0.25, 0.3) is 0 Å². The molecule has 0 saturated heterocycles. The molecule has 0 unspecified atom stereocenters. The first-order valence-corrected chi connectivity index (χ1v) is 14.1. The van der Waals surface area contributed by atoms with Crippen LogP contribution in [0, 0.1) is 0 Å². The minimum atomic E-state index is -0.563. The zero-order valence-electron chi connectivity index (χ0n) is 33.0. The maximum atomic E-state index is 9.28. The van der Waals surface area contributed by atoms with Crippen molar-refractivity contribution in [3.63, 3.8) is 0 Å². The van der Waals surface area contributed by atoms with E-state index in [0.29, 0.717) is 22.3 Å². The van der Waals surface area contributed by atoms with E-state index in [1.165, 1.54) is 4.57 Å². The summed E-state index contributed by atoms with van der Waals surface area (Å²) in [6.45, 7) is 0. The maximum absolute atomic E-state index is 9.28. The summed E-state index contributed by atoms with van der Waals surface area (Å²) in [6.07, 6.45) is 0. The van der Waals surface area contributed by atoms with E-state index in [0.717, 1.165) is 10.8 Å². The number of para-hydroxylation sites is 3. The molecule has 0 amide bonds. The number of hydrogen-bond acceptors (Lipinski definition) is 5. The minimum absolute atomic E-state index is 0.0186. The fourth-order valence-corrected chi connectivity index (χ4v) is 5.94. The number of furan rings is 2. The Bertz CT molecular complexity index is 3340. The maximum Gasteiger partial charge on any atom is 0.238 e. The molecule has 6 aromatic carbocycles. The third-order valence-electron chi connectivity index (χ3n) is 7.96.